The largest absolute Gasteiger partial charge is 0.298 e. The minimum Gasteiger partial charge on any atom is -0.298 e. The summed E-state index contributed by atoms with van der Waals surface area (Å²) < 4.78 is 0. The molecule has 2 unspecified atom stereocenters. The number of hydrogen-bond acceptors (Lipinski definition) is 2. The van der Waals surface area contributed by atoms with E-state index >= 15 is 0 Å². The third-order valence-corrected chi connectivity index (χ3v) is 3.48. The first-order valence-corrected chi connectivity index (χ1v) is 5.45. The molecular weight excluding hydrogens is 166 g/mol. The highest BCUT2D eigenvalue weighted by Crippen LogP contribution is 2.26. The standard InChI is InChI=1S/C10H17NS/c1-5-10(3,4)11-9-6-8(2)12-7-9/h1,8-9,11H,6-7H2,2-4H3. The van der Waals surface area contributed by atoms with Crippen molar-refractivity contribution in [2.45, 2.75) is 44.0 Å². The van der Waals surface area contributed by atoms with Gasteiger partial charge in [0.2, 0.25) is 0 Å². The predicted octanol–water partition coefficient (Wildman–Crippen LogP) is 1.88. The second kappa shape index (κ2) is 3.72. The third-order valence-electron chi connectivity index (χ3n) is 2.12. The van der Waals surface area contributed by atoms with Gasteiger partial charge < -0.3 is 0 Å². The highest BCUT2D eigenvalue weighted by Gasteiger charge is 2.26. The fraction of sp³-hybridized carbons (Fsp3) is 0.800. The molecule has 1 fully saturated rings. The Morgan fingerprint density at radius 3 is 2.67 bits per heavy atom. The zero-order valence-corrected chi connectivity index (χ0v) is 8.87. The summed E-state index contributed by atoms with van der Waals surface area (Å²) in [5.74, 6) is 3.96. The van der Waals surface area contributed by atoms with Gasteiger partial charge in [0.1, 0.15) is 0 Å². The van der Waals surface area contributed by atoms with Crippen LogP contribution in [0.3, 0.4) is 0 Å². The fourth-order valence-electron chi connectivity index (χ4n) is 1.47. The molecule has 0 aromatic rings. The van der Waals surface area contributed by atoms with Crippen LogP contribution >= 0.6 is 11.8 Å². The highest BCUT2D eigenvalue weighted by atomic mass is 32.2. The molecule has 0 amide bonds. The van der Waals surface area contributed by atoms with Crippen LogP contribution < -0.4 is 5.32 Å². The maximum atomic E-state index is 5.40. The van der Waals surface area contributed by atoms with Crippen molar-refractivity contribution in [2.24, 2.45) is 0 Å². The molecular formula is C10H17NS. The molecule has 1 aliphatic rings. The lowest BCUT2D eigenvalue weighted by Gasteiger charge is -2.24. The van der Waals surface area contributed by atoms with Gasteiger partial charge in [0, 0.05) is 17.0 Å². The van der Waals surface area contributed by atoms with Gasteiger partial charge in [0.25, 0.3) is 0 Å². The Bertz CT molecular complexity index is 193. The Morgan fingerprint density at radius 1 is 1.58 bits per heavy atom. The van der Waals surface area contributed by atoms with E-state index in [4.69, 9.17) is 6.42 Å². The third kappa shape index (κ3) is 2.73. The topological polar surface area (TPSA) is 12.0 Å². The zero-order valence-electron chi connectivity index (χ0n) is 8.05. The van der Waals surface area contributed by atoms with E-state index in [9.17, 15) is 0 Å². The van der Waals surface area contributed by atoms with Crippen LogP contribution in [0.25, 0.3) is 0 Å². The van der Waals surface area contributed by atoms with Gasteiger partial charge in [-0.25, -0.2) is 0 Å². The van der Waals surface area contributed by atoms with Crippen molar-refractivity contribution in [3.8, 4) is 12.3 Å². The molecule has 0 spiro atoms. The highest BCUT2D eigenvalue weighted by molar-refractivity contribution is 8.00. The van der Waals surface area contributed by atoms with Gasteiger partial charge in [0.05, 0.1) is 5.54 Å². The molecule has 2 atom stereocenters. The zero-order chi connectivity index (χ0) is 9.19. The predicted molar refractivity (Wildman–Crippen MR) is 56.4 cm³/mol. The maximum absolute atomic E-state index is 5.40. The first-order chi connectivity index (χ1) is 5.53. The van der Waals surface area contributed by atoms with E-state index in [-0.39, 0.29) is 5.54 Å². The number of thioether (sulfide) groups is 1. The second-order valence-corrected chi connectivity index (χ2v) is 5.46. The van der Waals surface area contributed by atoms with Crippen molar-refractivity contribution < 1.29 is 0 Å². The summed E-state index contributed by atoms with van der Waals surface area (Å²) >= 11 is 2.03. The Morgan fingerprint density at radius 2 is 2.25 bits per heavy atom. The Hall–Kier alpha value is -0.130. The molecule has 0 saturated carbocycles. The van der Waals surface area contributed by atoms with Gasteiger partial charge >= 0.3 is 0 Å². The van der Waals surface area contributed by atoms with Crippen molar-refractivity contribution in [2.75, 3.05) is 5.75 Å². The minimum absolute atomic E-state index is 0.144. The Labute approximate surface area is 79.7 Å². The number of hydrogen-bond donors (Lipinski definition) is 1. The molecule has 68 valence electrons. The van der Waals surface area contributed by atoms with E-state index in [2.05, 4.69) is 32.0 Å². The molecule has 1 aliphatic heterocycles. The van der Waals surface area contributed by atoms with E-state index in [1.807, 2.05) is 11.8 Å². The first kappa shape index (κ1) is 9.95. The van der Waals surface area contributed by atoms with E-state index < -0.39 is 0 Å². The summed E-state index contributed by atoms with van der Waals surface area (Å²) in [7, 11) is 0. The molecule has 1 rings (SSSR count). The summed E-state index contributed by atoms with van der Waals surface area (Å²) in [6, 6.07) is 0.607. The number of rotatable bonds is 2. The summed E-state index contributed by atoms with van der Waals surface area (Å²) in [5, 5.41) is 4.27. The molecule has 1 heterocycles. The molecule has 2 heteroatoms. The van der Waals surface area contributed by atoms with Crippen molar-refractivity contribution in [3.05, 3.63) is 0 Å². The molecule has 12 heavy (non-hydrogen) atoms. The Kier molecular flexibility index (Phi) is 3.09. The van der Waals surface area contributed by atoms with E-state index in [0.717, 1.165) is 5.25 Å². The second-order valence-electron chi connectivity index (χ2n) is 3.99. The van der Waals surface area contributed by atoms with Crippen LogP contribution in [0.4, 0.5) is 0 Å². The first-order valence-electron chi connectivity index (χ1n) is 4.40. The summed E-state index contributed by atoms with van der Waals surface area (Å²) in [4.78, 5) is 0. The smallest absolute Gasteiger partial charge is 0.0743 e. The lowest BCUT2D eigenvalue weighted by atomic mass is 10.0. The molecule has 0 aromatic carbocycles. The normalized spacial score (nSPS) is 30.2. The molecule has 0 aromatic heterocycles. The van der Waals surface area contributed by atoms with E-state index in [1.165, 1.54) is 12.2 Å². The van der Waals surface area contributed by atoms with Crippen LogP contribution in [-0.2, 0) is 0 Å². The number of terminal acetylenes is 1. The summed E-state index contributed by atoms with van der Waals surface area (Å²) in [6.07, 6.45) is 6.65. The summed E-state index contributed by atoms with van der Waals surface area (Å²) in [5.41, 5.74) is -0.144. The number of nitrogens with one attached hydrogen (secondary N) is 1. The molecule has 0 radical (unpaired) electrons. The lowest BCUT2D eigenvalue weighted by Crippen LogP contribution is -2.45. The van der Waals surface area contributed by atoms with Crippen molar-refractivity contribution >= 4 is 11.8 Å². The van der Waals surface area contributed by atoms with Gasteiger partial charge in [0.15, 0.2) is 0 Å². The molecule has 1 saturated heterocycles. The fourth-order valence-corrected chi connectivity index (χ4v) is 2.62. The van der Waals surface area contributed by atoms with Crippen molar-refractivity contribution in [1.29, 1.82) is 0 Å². The SMILES string of the molecule is C#CC(C)(C)NC1CSC(C)C1. The maximum Gasteiger partial charge on any atom is 0.0743 e. The van der Waals surface area contributed by atoms with Crippen molar-refractivity contribution in [3.63, 3.8) is 0 Å². The van der Waals surface area contributed by atoms with Crippen LogP contribution in [0, 0.1) is 12.3 Å². The minimum atomic E-state index is -0.144. The molecule has 1 nitrogen and oxygen atoms in total. The van der Waals surface area contributed by atoms with Gasteiger partial charge in [-0.15, -0.1) is 6.42 Å². The van der Waals surface area contributed by atoms with Crippen LogP contribution in [0.2, 0.25) is 0 Å². The molecule has 1 N–H and O–H groups in total. The van der Waals surface area contributed by atoms with Gasteiger partial charge in [-0.2, -0.15) is 11.8 Å². The lowest BCUT2D eigenvalue weighted by molar-refractivity contribution is 0.419. The summed E-state index contributed by atoms with van der Waals surface area (Å²) in [6.45, 7) is 6.39. The molecule has 0 bridgehead atoms. The van der Waals surface area contributed by atoms with Gasteiger partial charge in [-0.3, -0.25) is 5.32 Å². The Balaban J connectivity index is 2.38. The van der Waals surface area contributed by atoms with Crippen molar-refractivity contribution in [1.82, 2.24) is 5.32 Å². The average molecular weight is 183 g/mol. The van der Waals surface area contributed by atoms with Gasteiger partial charge in [-0.1, -0.05) is 12.8 Å². The van der Waals surface area contributed by atoms with Crippen LogP contribution in [0.1, 0.15) is 27.2 Å². The molecule has 0 aliphatic carbocycles. The van der Waals surface area contributed by atoms with E-state index in [0.29, 0.717) is 6.04 Å². The van der Waals surface area contributed by atoms with Gasteiger partial charge in [-0.05, 0) is 20.3 Å². The van der Waals surface area contributed by atoms with Crippen LogP contribution in [0.15, 0.2) is 0 Å². The quantitative estimate of drug-likeness (QED) is 0.656. The van der Waals surface area contributed by atoms with E-state index in [1.54, 1.807) is 0 Å². The van der Waals surface area contributed by atoms with Crippen LogP contribution in [-0.4, -0.2) is 22.6 Å². The monoisotopic (exact) mass is 183 g/mol. The van der Waals surface area contributed by atoms with Crippen LogP contribution in [0.5, 0.6) is 0 Å². The average Bonchev–Trinajstić information content (AvgIpc) is 2.35.